The van der Waals surface area contributed by atoms with Gasteiger partial charge in [-0.3, -0.25) is 0 Å². The third-order valence-electron chi connectivity index (χ3n) is 4.20. The van der Waals surface area contributed by atoms with Crippen molar-refractivity contribution in [1.29, 1.82) is 0 Å². The molecular formula is C16H22N4. The third kappa shape index (κ3) is 2.84. The molecule has 0 bridgehead atoms. The van der Waals surface area contributed by atoms with Gasteiger partial charge >= 0.3 is 0 Å². The van der Waals surface area contributed by atoms with Gasteiger partial charge in [0.05, 0.1) is 11.0 Å². The molecule has 2 atom stereocenters. The maximum Gasteiger partial charge on any atom is 0.169 e. The first-order valence-electron chi connectivity index (χ1n) is 7.48. The van der Waals surface area contributed by atoms with E-state index in [9.17, 15) is 0 Å². The number of fused-ring (bicyclic) bond motifs is 1. The molecule has 1 saturated carbocycles. The summed E-state index contributed by atoms with van der Waals surface area (Å²) in [5.74, 6) is 2.79. The summed E-state index contributed by atoms with van der Waals surface area (Å²) in [6, 6.07) is 7.83. The molecule has 4 heteroatoms. The van der Waals surface area contributed by atoms with Crippen LogP contribution in [0.3, 0.4) is 0 Å². The SMILES string of the molecule is CC1CCCC(CNc2nc3ccccc3nc2N)C1. The quantitative estimate of drug-likeness (QED) is 0.896. The lowest BCUT2D eigenvalue weighted by atomic mass is 9.82. The van der Waals surface area contributed by atoms with Gasteiger partial charge in [0, 0.05) is 6.54 Å². The van der Waals surface area contributed by atoms with Crippen molar-refractivity contribution in [1.82, 2.24) is 9.97 Å². The average molecular weight is 270 g/mol. The lowest BCUT2D eigenvalue weighted by Gasteiger charge is -2.27. The molecule has 1 aromatic heterocycles. The molecule has 0 aliphatic heterocycles. The Kier molecular flexibility index (Phi) is 3.72. The smallest absolute Gasteiger partial charge is 0.169 e. The Morgan fingerprint density at radius 2 is 1.95 bits per heavy atom. The van der Waals surface area contributed by atoms with E-state index in [2.05, 4.69) is 22.2 Å². The van der Waals surface area contributed by atoms with Crippen molar-refractivity contribution in [2.24, 2.45) is 11.8 Å². The predicted octanol–water partition coefficient (Wildman–Crippen LogP) is 3.45. The first-order chi connectivity index (χ1) is 9.72. The number of nitrogens with one attached hydrogen (secondary N) is 1. The molecular weight excluding hydrogens is 248 g/mol. The van der Waals surface area contributed by atoms with Crippen LogP contribution >= 0.6 is 0 Å². The minimum absolute atomic E-state index is 0.493. The van der Waals surface area contributed by atoms with Crippen LogP contribution in [0.1, 0.15) is 32.6 Å². The fourth-order valence-electron chi connectivity index (χ4n) is 3.13. The van der Waals surface area contributed by atoms with E-state index in [0.29, 0.717) is 5.82 Å². The molecule has 3 N–H and O–H groups in total. The maximum atomic E-state index is 5.99. The molecule has 2 unspecified atom stereocenters. The highest BCUT2D eigenvalue weighted by molar-refractivity contribution is 5.79. The van der Waals surface area contributed by atoms with E-state index in [0.717, 1.165) is 35.2 Å². The van der Waals surface area contributed by atoms with E-state index in [4.69, 9.17) is 5.73 Å². The van der Waals surface area contributed by atoms with Gasteiger partial charge in [0.15, 0.2) is 11.6 Å². The molecule has 0 saturated heterocycles. The average Bonchev–Trinajstić information content (AvgIpc) is 2.45. The van der Waals surface area contributed by atoms with Crippen LogP contribution in [0, 0.1) is 11.8 Å². The summed E-state index contributed by atoms with van der Waals surface area (Å²) >= 11 is 0. The first-order valence-corrected chi connectivity index (χ1v) is 7.48. The molecule has 0 radical (unpaired) electrons. The standard InChI is InChI=1S/C16H22N4/c1-11-5-4-6-12(9-11)10-18-16-15(17)19-13-7-2-3-8-14(13)20-16/h2-3,7-8,11-12H,4-6,9-10H2,1H3,(H2,17,19)(H,18,20). The van der Waals surface area contributed by atoms with E-state index in [1.54, 1.807) is 0 Å². The molecule has 20 heavy (non-hydrogen) atoms. The third-order valence-corrected chi connectivity index (χ3v) is 4.20. The van der Waals surface area contributed by atoms with Crippen molar-refractivity contribution < 1.29 is 0 Å². The zero-order chi connectivity index (χ0) is 13.9. The molecule has 1 fully saturated rings. The molecule has 0 spiro atoms. The largest absolute Gasteiger partial charge is 0.381 e. The van der Waals surface area contributed by atoms with Crippen molar-refractivity contribution in [3.05, 3.63) is 24.3 Å². The van der Waals surface area contributed by atoms with Crippen molar-refractivity contribution in [2.75, 3.05) is 17.6 Å². The maximum absolute atomic E-state index is 5.99. The van der Waals surface area contributed by atoms with Crippen molar-refractivity contribution in [3.8, 4) is 0 Å². The second-order valence-corrected chi connectivity index (χ2v) is 5.96. The van der Waals surface area contributed by atoms with Crippen LogP contribution < -0.4 is 11.1 Å². The van der Waals surface area contributed by atoms with Crippen LogP contribution in [0.5, 0.6) is 0 Å². The van der Waals surface area contributed by atoms with Gasteiger partial charge in [0.2, 0.25) is 0 Å². The number of anilines is 2. The van der Waals surface area contributed by atoms with Crippen molar-refractivity contribution in [3.63, 3.8) is 0 Å². The Labute approximate surface area is 119 Å². The molecule has 0 amide bonds. The first kappa shape index (κ1) is 13.2. The van der Waals surface area contributed by atoms with Gasteiger partial charge in [-0.1, -0.05) is 31.9 Å². The molecule has 1 aliphatic rings. The van der Waals surface area contributed by atoms with Crippen LogP contribution in [0.2, 0.25) is 0 Å². The number of hydrogen-bond acceptors (Lipinski definition) is 4. The van der Waals surface area contributed by atoms with Gasteiger partial charge in [0.25, 0.3) is 0 Å². The second kappa shape index (κ2) is 5.65. The number of benzene rings is 1. The monoisotopic (exact) mass is 270 g/mol. The fourth-order valence-corrected chi connectivity index (χ4v) is 3.13. The van der Waals surface area contributed by atoms with Gasteiger partial charge in [0.1, 0.15) is 0 Å². The Morgan fingerprint density at radius 3 is 2.70 bits per heavy atom. The lowest BCUT2D eigenvalue weighted by Crippen LogP contribution is -2.22. The second-order valence-electron chi connectivity index (χ2n) is 5.96. The zero-order valence-corrected chi connectivity index (χ0v) is 12.0. The number of para-hydroxylation sites is 2. The Hall–Kier alpha value is -1.84. The van der Waals surface area contributed by atoms with Crippen LogP contribution in [-0.2, 0) is 0 Å². The van der Waals surface area contributed by atoms with E-state index >= 15 is 0 Å². The highest BCUT2D eigenvalue weighted by Crippen LogP contribution is 2.29. The molecule has 1 aromatic carbocycles. The van der Waals surface area contributed by atoms with Gasteiger partial charge < -0.3 is 11.1 Å². The number of nitrogens with zero attached hydrogens (tertiary/aromatic N) is 2. The van der Waals surface area contributed by atoms with E-state index in [-0.39, 0.29) is 0 Å². The van der Waals surface area contributed by atoms with Gasteiger partial charge in [-0.25, -0.2) is 9.97 Å². The molecule has 2 aromatic rings. The summed E-state index contributed by atoms with van der Waals surface area (Å²) < 4.78 is 0. The minimum atomic E-state index is 0.493. The number of nitrogens with two attached hydrogens (primary N) is 1. The predicted molar refractivity (Wildman–Crippen MR) is 83.6 cm³/mol. The summed E-state index contributed by atoms with van der Waals surface area (Å²) in [6.45, 7) is 3.29. The van der Waals surface area contributed by atoms with Crippen LogP contribution in [0.4, 0.5) is 11.6 Å². The van der Waals surface area contributed by atoms with E-state index < -0.39 is 0 Å². The zero-order valence-electron chi connectivity index (χ0n) is 12.0. The van der Waals surface area contributed by atoms with Gasteiger partial charge in [-0.15, -0.1) is 0 Å². The number of rotatable bonds is 3. The van der Waals surface area contributed by atoms with Gasteiger partial charge in [-0.05, 0) is 36.8 Å². The topological polar surface area (TPSA) is 63.8 Å². The van der Waals surface area contributed by atoms with E-state index in [1.165, 1.54) is 25.7 Å². The summed E-state index contributed by atoms with van der Waals surface area (Å²) in [4.78, 5) is 8.99. The Balaban J connectivity index is 1.72. The number of nitrogen functional groups attached to an aromatic ring is 1. The summed E-state index contributed by atoms with van der Waals surface area (Å²) in [7, 11) is 0. The van der Waals surface area contributed by atoms with E-state index in [1.807, 2.05) is 24.3 Å². The minimum Gasteiger partial charge on any atom is -0.381 e. The lowest BCUT2D eigenvalue weighted by molar-refractivity contribution is 0.293. The van der Waals surface area contributed by atoms with Crippen LogP contribution in [0.15, 0.2) is 24.3 Å². The highest BCUT2D eigenvalue weighted by Gasteiger charge is 2.19. The molecule has 106 valence electrons. The summed E-state index contributed by atoms with van der Waals surface area (Å²) in [5, 5.41) is 3.40. The highest BCUT2D eigenvalue weighted by atomic mass is 15.1. The van der Waals surface area contributed by atoms with Crippen molar-refractivity contribution in [2.45, 2.75) is 32.6 Å². The molecule has 3 rings (SSSR count). The molecule has 1 heterocycles. The number of hydrogen-bond donors (Lipinski definition) is 2. The Bertz CT molecular complexity index is 596. The van der Waals surface area contributed by atoms with Crippen molar-refractivity contribution >= 4 is 22.7 Å². The molecule has 1 aliphatic carbocycles. The van der Waals surface area contributed by atoms with Crippen LogP contribution in [0.25, 0.3) is 11.0 Å². The van der Waals surface area contributed by atoms with Gasteiger partial charge in [-0.2, -0.15) is 0 Å². The Morgan fingerprint density at radius 1 is 1.20 bits per heavy atom. The summed E-state index contributed by atoms with van der Waals surface area (Å²) in [5.41, 5.74) is 7.73. The van der Waals surface area contributed by atoms with Crippen LogP contribution in [-0.4, -0.2) is 16.5 Å². The normalized spacial score (nSPS) is 22.9. The summed E-state index contributed by atoms with van der Waals surface area (Å²) in [6.07, 6.45) is 5.31. The number of aromatic nitrogens is 2. The molecule has 4 nitrogen and oxygen atoms in total. The fraction of sp³-hybridized carbons (Fsp3) is 0.500.